The molecule has 0 nitrogen and oxygen atoms in total. The number of hydrogen-bond acceptors (Lipinski definition) is 0. The maximum atomic E-state index is 3.42. The molecule has 0 amide bonds. The van der Waals surface area contributed by atoms with Crippen molar-refractivity contribution in [1.82, 2.24) is 0 Å². The van der Waals surface area contributed by atoms with E-state index in [4.69, 9.17) is 0 Å². The van der Waals surface area contributed by atoms with Crippen LogP contribution in [-0.2, 0) is 19.2 Å². The molecule has 28 heavy (non-hydrogen) atoms. The van der Waals surface area contributed by atoms with Gasteiger partial charge in [0.15, 0.2) is 0 Å². The van der Waals surface area contributed by atoms with Crippen LogP contribution in [0.1, 0.15) is 91.9 Å². The van der Waals surface area contributed by atoms with Crippen molar-refractivity contribution in [1.29, 1.82) is 0 Å². The molecular weight excluding hydrogens is 435 g/mol. The summed E-state index contributed by atoms with van der Waals surface area (Å²) in [5, 5.41) is 0. The van der Waals surface area contributed by atoms with Gasteiger partial charge < -0.3 is 14.9 Å². The van der Waals surface area contributed by atoms with Crippen LogP contribution >= 0.6 is 24.8 Å². The predicted molar refractivity (Wildman–Crippen MR) is 134 cm³/mol. The summed E-state index contributed by atoms with van der Waals surface area (Å²) < 4.78 is 0. The molecule has 0 aromatic heterocycles. The summed E-state index contributed by atoms with van der Waals surface area (Å²) in [6.45, 7) is 8.91. The third kappa shape index (κ3) is 18.5. The van der Waals surface area contributed by atoms with E-state index in [2.05, 4.69) is 52.0 Å². The second-order valence-corrected chi connectivity index (χ2v) is 6.36. The Bertz CT molecular complexity index is 423. The van der Waals surface area contributed by atoms with Crippen molar-refractivity contribution < 1.29 is 19.2 Å². The van der Waals surface area contributed by atoms with Crippen molar-refractivity contribution in [2.45, 2.75) is 91.9 Å². The van der Waals surface area contributed by atoms with Crippen molar-refractivity contribution in [3.63, 3.8) is 0 Å². The number of halogens is 2. The summed E-state index contributed by atoms with van der Waals surface area (Å²) in [6.07, 6.45) is 23.7. The zero-order valence-corrected chi connectivity index (χ0v) is 23.9. The average molecular weight is 479 g/mol. The van der Waals surface area contributed by atoms with Crippen molar-refractivity contribution in [3.8, 4) is 0 Å². The van der Waals surface area contributed by atoms with Gasteiger partial charge in [-0.15, -0.1) is 37.7 Å². The second kappa shape index (κ2) is 27.5. The average Bonchev–Trinajstić information content (AvgIpc) is 3.21. The molecule has 2 rings (SSSR count). The van der Waals surface area contributed by atoms with E-state index >= 15 is 0 Å². The van der Waals surface area contributed by atoms with Gasteiger partial charge in [-0.25, -0.2) is 23.3 Å². The summed E-state index contributed by atoms with van der Waals surface area (Å²) in [5.41, 5.74) is 6.04. The normalized spacial score (nSPS) is 13.1. The van der Waals surface area contributed by atoms with Crippen LogP contribution in [0.25, 0.3) is 0 Å². The van der Waals surface area contributed by atoms with E-state index in [0.717, 1.165) is 12.8 Å². The molecule has 0 atom stereocenters. The Morgan fingerprint density at radius 1 is 0.679 bits per heavy atom. The monoisotopic (exact) mass is 478 g/mol. The third-order valence-corrected chi connectivity index (χ3v) is 4.02. The minimum atomic E-state index is 0. The van der Waals surface area contributed by atoms with E-state index < -0.39 is 0 Å². The van der Waals surface area contributed by atoms with Crippen molar-refractivity contribution >= 4 is 32.4 Å². The van der Waals surface area contributed by atoms with Gasteiger partial charge in [-0.3, -0.25) is 12.2 Å². The van der Waals surface area contributed by atoms with Crippen LogP contribution in [0.4, 0.5) is 0 Å². The molecule has 0 saturated heterocycles. The van der Waals surface area contributed by atoms with E-state index in [9.17, 15) is 0 Å². The van der Waals surface area contributed by atoms with Gasteiger partial charge in [0.1, 0.15) is 0 Å². The Morgan fingerprint density at radius 3 is 1.21 bits per heavy atom. The molecule has 0 aromatic rings. The minimum absolute atomic E-state index is 0. The van der Waals surface area contributed by atoms with Crippen molar-refractivity contribution in [2.75, 3.05) is 0 Å². The maximum absolute atomic E-state index is 3.42. The Kier molecular flexibility index (Phi) is 38.3. The molecule has 0 saturated carbocycles. The van der Waals surface area contributed by atoms with Gasteiger partial charge in [0.05, 0.1) is 0 Å². The Morgan fingerprint density at radius 2 is 0.964 bits per heavy atom. The molecular formula is C24H44Cl2SiTi-4. The van der Waals surface area contributed by atoms with Crippen LogP contribution in [0.2, 0.25) is 0 Å². The van der Waals surface area contributed by atoms with Crippen LogP contribution in [0, 0.1) is 27.0 Å². The van der Waals surface area contributed by atoms with Crippen LogP contribution in [-0.4, -0.2) is 7.63 Å². The molecule has 2 aliphatic carbocycles. The van der Waals surface area contributed by atoms with Gasteiger partial charge >= 0.3 is 26.8 Å². The van der Waals surface area contributed by atoms with Crippen molar-refractivity contribution in [2.24, 2.45) is 0 Å². The Balaban J connectivity index is -0.000000102. The molecule has 166 valence electrons. The molecule has 4 heteroatoms. The molecule has 0 aliphatic heterocycles. The third-order valence-electron chi connectivity index (χ3n) is 4.02. The molecule has 0 aromatic carbocycles. The van der Waals surface area contributed by atoms with Gasteiger partial charge in [0.25, 0.3) is 0 Å². The fourth-order valence-electron chi connectivity index (χ4n) is 2.97. The SMILES string of the molecule is CCCC1=[C-]CC(CCC)=C1.CCCC1=[C-]CC(CCC)=C1.Cl.Cl.[CH3-].[CH3-].[SiH2]=[Ti]. The topological polar surface area (TPSA) is 0 Å². The zero-order chi connectivity index (χ0) is 18.2. The van der Waals surface area contributed by atoms with Crippen LogP contribution in [0.15, 0.2) is 34.4 Å². The quantitative estimate of drug-likeness (QED) is 0.244. The summed E-state index contributed by atoms with van der Waals surface area (Å²) in [7, 11) is 1.86. The van der Waals surface area contributed by atoms with Crippen LogP contribution < -0.4 is 0 Å². The molecule has 0 fully saturated rings. The first-order valence-corrected chi connectivity index (χ1v) is 13.7. The van der Waals surface area contributed by atoms with E-state index in [1.807, 2.05) is 26.8 Å². The van der Waals surface area contributed by atoms with E-state index in [1.165, 1.54) is 62.5 Å². The first-order valence-electron chi connectivity index (χ1n) is 9.67. The van der Waals surface area contributed by atoms with Gasteiger partial charge in [-0.05, 0) is 12.8 Å². The number of allylic oxidation sites excluding steroid dienone is 8. The van der Waals surface area contributed by atoms with E-state index in [0.29, 0.717) is 0 Å². The first kappa shape index (κ1) is 39.0. The molecule has 0 radical (unpaired) electrons. The Hall–Kier alpha value is 0.471. The van der Waals surface area contributed by atoms with Gasteiger partial charge in [0.2, 0.25) is 0 Å². The summed E-state index contributed by atoms with van der Waals surface area (Å²) in [4.78, 5) is 0. The number of hydrogen-bond donors (Lipinski definition) is 0. The fourth-order valence-corrected chi connectivity index (χ4v) is 2.97. The molecule has 0 heterocycles. The van der Waals surface area contributed by atoms with Crippen molar-refractivity contribution in [3.05, 3.63) is 61.4 Å². The van der Waals surface area contributed by atoms with Crippen LogP contribution in [0.5, 0.6) is 0 Å². The number of rotatable bonds is 8. The zero-order valence-electron chi connectivity index (χ0n) is 19.2. The molecule has 0 unspecified atom stereocenters. The van der Waals surface area contributed by atoms with E-state index in [1.54, 1.807) is 11.1 Å². The fraction of sp³-hybridized carbons (Fsp3) is 0.583. The van der Waals surface area contributed by atoms with Gasteiger partial charge in [-0.1, -0.05) is 66.2 Å². The van der Waals surface area contributed by atoms with Gasteiger partial charge in [0, 0.05) is 0 Å². The second-order valence-electron chi connectivity index (χ2n) is 6.36. The van der Waals surface area contributed by atoms with Gasteiger partial charge in [-0.2, -0.15) is 11.1 Å². The standard InChI is InChI=1S/2C11H17.2CH3.2ClH.H2Si.Ti/c2*1-3-5-10-7-8-11(9-10)6-4-2;;;;;;/h2*9H,3-7H2,1-2H3;2*1H3;2*1H;1H2;/q4*-1;;;;. The first-order chi connectivity index (χ1) is 11.7. The molecule has 0 spiro atoms. The molecule has 2 aliphatic rings. The predicted octanol–water partition coefficient (Wildman–Crippen LogP) is 8.12. The summed E-state index contributed by atoms with van der Waals surface area (Å²) >= 11 is 2.03. The summed E-state index contributed by atoms with van der Waals surface area (Å²) in [5.74, 6) is 0. The summed E-state index contributed by atoms with van der Waals surface area (Å²) in [6, 6.07) is 0. The Labute approximate surface area is 204 Å². The van der Waals surface area contributed by atoms with E-state index in [-0.39, 0.29) is 39.7 Å². The molecule has 0 N–H and O–H groups in total. The molecule has 0 bridgehead atoms. The van der Waals surface area contributed by atoms with Crippen LogP contribution in [0.3, 0.4) is 0 Å².